The Hall–Kier alpha value is -0.480. The topological polar surface area (TPSA) is 12.0 Å². The standard InChI is InChI=1S/C8H15N/c1-4-6-7-9-8(3)5-2/h8-9H,5,7H2,1-3H3. The summed E-state index contributed by atoms with van der Waals surface area (Å²) in [6.45, 7) is 7.01. The lowest BCUT2D eigenvalue weighted by Crippen LogP contribution is -2.25. The summed E-state index contributed by atoms with van der Waals surface area (Å²) in [5.74, 6) is 5.79. The quantitative estimate of drug-likeness (QED) is 0.562. The Bertz CT molecular complexity index is 107. The number of rotatable bonds is 3. The summed E-state index contributed by atoms with van der Waals surface area (Å²) in [5.41, 5.74) is 0. The van der Waals surface area contributed by atoms with E-state index >= 15 is 0 Å². The zero-order valence-electron chi connectivity index (χ0n) is 6.49. The molecule has 0 aliphatic carbocycles. The van der Waals surface area contributed by atoms with Crippen LogP contribution in [0.25, 0.3) is 0 Å². The van der Waals surface area contributed by atoms with Crippen LogP contribution in [0, 0.1) is 11.8 Å². The smallest absolute Gasteiger partial charge is 0.0578 e. The number of hydrogen-bond donors (Lipinski definition) is 1. The molecule has 0 bridgehead atoms. The van der Waals surface area contributed by atoms with Gasteiger partial charge in [0.05, 0.1) is 6.54 Å². The molecule has 0 aromatic heterocycles. The molecule has 0 amide bonds. The molecule has 0 spiro atoms. The predicted octanol–water partition coefficient (Wildman–Crippen LogP) is 1.40. The third-order valence-electron chi connectivity index (χ3n) is 1.33. The van der Waals surface area contributed by atoms with E-state index in [1.165, 1.54) is 6.42 Å². The van der Waals surface area contributed by atoms with Crippen LogP contribution in [0.3, 0.4) is 0 Å². The van der Waals surface area contributed by atoms with Crippen LogP contribution in [0.1, 0.15) is 27.2 Å². The molecule has 0 rings (SSSR count). The van der Waals surface area contributed by atoms with Gasteiger partial charge in [0, 0.05) is 6.04 Å². The molecule has 0 aromatic rings. The summed E-state index contributed by atoms with van der Waals surface area (Å²) in [6, 6.07) is 0.603. The summed E-state index contributed by atoms with van der Waals surface area (Å²) >= 11 is 0. The Morgan fingerprint density at radius 3 is 2.67 bits per heavy atom. The van der Waals surface area contributed by atoms with Gasteiger partial charge < -0.3 is 5.32 Å². The average Bonchev–Trinajstić information content (AvgIpc) is 1.89. The lowest BCUT2D eigenvalue weighted by molar-refractivity contribution is 0.571. The number of hydrogen-bond acceptors (Lipinski definition) is 1. The minimum absolute atomic E-state index is 0.603. The van der Waals surface area contributed by atoms with Crippen molar-refractivity contribution < 1.29 is 0 Å². The molecule has 0 radical (unpaired) electrons. The summed E-state index contributed by atoms with van der Waals surface area (Å²) < 4.78 is 0. The van der Waals surface area contributed by atoms with E-state index in [2.05, 4.69) is 31.0 Å². The van der Waals surface area contributed by atoms with Gasteiger partial charge in [0.25, 0.3) is 0 Å². The van der Waals surface area contributed by atoms with E-state index in [9.17, 15) is 0 Å². The second-order valence-corrected chi connectivity index (χ2v) is 2.12. The van der Waals surface area contributed by atoms with Crippen molar-refractivity contribution in [2.24, 2.45) is 0 Å². The fourth-order valence-corrected chi connectivity index (χ4v) is 0.458. The van der Waals surface area contributed by atoms with Crippen molar-refractivity contribution in [3.8, 4) is 11.8 Å². The maximum atomic E-state index is 3.26. The van der Waals surface area contributed by atoms with Crippen LogP contribution in [0.15, 0.2) is 0 Å². The van der Waals surface area contributed by atoms with Crippen molar-refractivity contribution in [3.63, 3.8) is 0 Å². The fourth-order valence-electron chi connectivity index (χ4n) is 0.458. The van der Waals surface area contributed by atoms with E-state index < -0.39 is 0 Å². The third-order valence-corrected chi connectivity index (χ3v) is 1.33. The van der Waals surface area contributed by atoms with Gasteiger partial charge >= 0.3 is 0 Å². The molecule has 0 saturated heterocycles. The summed E-state index contributed by atoms with van der Waals surface area (Å²) in [7, 11) is 0. The number of nitrogens with one attached hydrogen (secondary N) is 1. The zero-order chi connectivity index (χ0) is 7.11. The molecule has 1 unspecified atom stereocenters. The first-order chi connectivity index (χ1) is 4.31. The lowest BCUT2D eigenvalue weighted by atomic mass is 10.3. The molecule has 1 heteroatoms. The molecule has 0 aliphatic heterocycles. The van der Waals surface area contributed by atoms with Gasteiger partial charge in [0.1, 0.15) is 0 Å². The van der Waals surface area contributed by atoms with Crippen LogP contribution >= 0.6 is 0 Å². The first kappa shape index (κ1) is 8.52. The SMILES string of the molecule is CC#CCNC(C)CC. The van der Waals surface area contributed by atoms with Gasteiger partial charge in [-0.2, -0.15) is 0 Å². The monoisotopic (exact) mass is 125 g/mol. The van der Waals surface area contributed by atoms with Crippen LogP contribution < -0.4 is 5.32 Å². The minimum Gasteiger partial charge on any atom is -0.304 e. The summed E-state index contributed by atoms with van der Waals surface area (Å²) in [6.07, 6.45) is 1.17. The van der Waals surface area contributed by atoms with E-state index in [1.54, 1.807) is 0 Å². The molecule has 52 valence electrons. The Kier molecular flexibility index (Phi) is 5.35. The van der Waals surface area contributed by atoms with Crippen molar-refractivity contribution in [1.82, 2.24) is 5.32 Å². The Morgan fingerprint density at radius 1 is 1.56 bits per heavy atom. The van der Waals surface area contributed by atoms with E-state index in [-0.39, 0.29) is 0 Å². The second kappa shape index (κ2) is 5.65. The zero-order valence-corrected chi connectivity index (χ0v) is 6.49. The van der Waals surface area contributed by atoms with E-state index in [0.717, 1.165) is 6.54 Å². The lowest BCUT2D eigenvalue weighted by Gasteiger charge is -2.06. The van der Waals surface area contributed by atoms with Crippen molar-refractivity contribution in [2.75, 3.05) is 6.54 Å². The molecule has 1 atom stereocenters. The molecule has 1 nitrogen and oxygen atoms in total. The molecular formula is C8H15N. The highest BCUT2D eigenvalue weighted by Crippen LogP contribution is 1.84. The highest BCUT2D eigenvalue weighted by molar-refractivity contribution is 4.97. The van der Waals surface area contributed by atoms with Crippen LogP contribution in [-0.2, 0) is 0 Å². The molecule has 0 heterocycles. The van der Waals surface area contributed by atoms with Gasteiger partial charge in [-0.05, 0) is 20.3 Å². The Labute approximate surface area is 57.8 Å². The van der Waals surface area contributed by atoms with Gasteiger partial charge in [-0.1, -0.05) is 12.8 Å². The molecule has 0 aromatic carbocycles. The molecular weight excluding hydrogens is 110 g/mol. The van der Waals surface area contributed by atoms with Gasteiger partial charge in [-0.25, -0.2) is 0 Å². The Balaban J connectivity index is 3.13. The van der Waals surface area contributed by atoms with E-state index in [4.69, 9.17) is 0 Å². The normalized spacial score (nSPS) is 11.9. The van der Waals surface area contributed by atoms with E-state index in [0.29, 0.717) is 6.04 Å². The van der Waals surface area contributed by atoms with Gasteiger partial charge in [-0.3, -0.25) is 0 Å². The van der Waals surface area contributed by atoms with Gasteiger partial charge in [0.2, 0.25) is 0 Å². The molecule has 0 saturated carbocycles. The van der Waals surface area contributed by atoms with Crippen molar-refractivity contribution in [3.05, 3.63) is 0 Å². The summed E-state index contributed by atoms with van der Waals surface area (Å²) in [4.78, 5) is 0. The maximum absolute atomic E-state index is 3.26. The molecule has 9 heavy (non-hydrogen) atoms. The largest absolute Gasteiger partial charge is 0.304 e. The first-order valence-corrected chi connectivity index (χ1v) is 3.44. The molecule has 1 N–H and O–H groups in total. The van der Waals surface area contributed by atoms with E-state index in [1.807, 2.05) is 6.92 Å². The molecule has 0 aliphatic rings. The van der Waals surface area contributed by atoms with Gasteiger partial charge in [-0.15, -0.1) is 5.92 Å². The fraction of sp³-hybridized carbons (Fsp3) is 0.750. The predicted molar refractivity (Wildman–Crippen MR) is 41.2 cm³/mol. The minimum atomic E-state index is 0.603. The second-order valence-electron chi connectivity index (χ2n) is 2.12. The van der Waals surface area contributed by atoms with Crippen LogP contribution in [0.5, 0.6) is 0 Å². The van der Waals surface area contributed by atoms with Crippen molar-refractivity contribution >= 4 is 0 Å². The highest BCUT2D eigenvalue weighted by Gasteiger charge is 1.91. The summed E-state index contributed by atoms with van der Waals surface area (Å²) in [5, 5.41) is 3.26. The Morgan fingerprint density at radius 2 is 2.22 bits per heavy atom. The first-order valence-electron chi connectivity index (χ1n) is 3.44. The van der Waals surface area contributed by atoms with Crippen LogP contribution in [0.4, 0.5) is 0 Å². The highest BCUT2D eigenvalue weighted by atomic mass is 14.9. The maximum Gasteiger partial charge on any atom is 0.0578 e. The average molecular weight is 125 g/mol. The van der Waals surface area contributed by atoms with Crippen LogP contribution in [0.2, 0.25) is 0 Å². The van der Waals surface area contributed by atoms with Gasteiger partial charge in [0.15, 0.2) is 0 Å². The van der Waals surface area contributed by atoms with Crippen LogP contribution in [-0.4, -0.2) is 12.6 Å². The molecule has 0 fully saturated rings. The van der Waals surface area contributed by atoms with Crippen molar-refractivity contribution in [2.45, 2.75) is 33.2 Å². The third kappa shape index (κ3) is 5.39. The van der Waals surface area contributed by atoms with Crippen molar-refractivity contribution in [1.29, 1.82) is 0 Å².